The lowest BCUT2D eigenvalue weighted by Crippen LogP contribution is -2.45. The molecule has 1 aliphatic carbocycles. The number of alkyl halides is 3. The third-order valence-electron chi connectivity index (χ3n) is 8.75. The molecular formula is C33H37F3N6O3. The summed E-state index contributed by atoms with van der Waals surface area (Å²) in [5, 5.41) is 2.77. The second-order valence-electron chi connectivity index (χ2n) is 12.0. The molecule has 45 heavy (non-hydrogen) atoms. The standard InChI is InChI=1S/C33H37F3N6O3/c1-2-40-11-13-41(14-12-40)19-25-4-3-22(15-28(25)33(34,35)36)16-31(43)42-10-9-23-7-8-27(17-26(23)20-42)45-30-18-29(37-21-38-30)39-32(44)24-5-6-24/h3-4,7-8,15,17-18,21,24H,2,5-6,9-14,16,19-20H2,1H3,(H,37,38,39,44). The number of amides is 2. The summed E-state index contributed by atoms with van der Waals surface area (Å²) in [6, 6.07) is 11.5. The van der Waals surface area contributed by atoms with Crippen LogP contribution in [0.5, 0.6) is 11.6 Å². The summed E-state index contributed by atoms with van der Waals surface area (Å²) in [7, 11) is 0. The molecule has 6 rings (SSSR count). The first-order chi connectivity index (χ1) is 21.6. The van der Waals surface area contributed by atoms with Crippen molar-refractivity contribution in [2.45, 2.75) is 51.9 Å². The maximum Gasteiger partial charge on any atom is 0.416 e. The van der Waals surface area contributed by atoms with Crippen LogP contribution in [0.2, 0.25) is 0 Å². The smallest absolute Gasteiger partial charge is 0.416 e. The fourth-order valence-corrected chi connectivity index (χ4v) is 5.89. The third-order valence-corrected chi connectivity index (χ3v) is 8.75. The largest absolute Gasteiger partial charge is 0.439 e. The molecule has 0 unspecified atom stereocenters. The van der Waals surface area contributed by atoms with Crippen molar-refractivity contribution in [3.63, 3.8) is 0 Å². The van der Waals surface area contributed by atoms with Crippen molar-refractivity contribution in [2.24, 2.45) is 5.92 Å². The van der Waals surface area contributed by atoms with Gasteiger partial charge < -0.3 is 19.9 Å². The minimum atomic E-state index is -4.51. The van der Waals surface area contributed by atoms with E-state index in [4.69, 9.17) is 4.74 Å². The highest BCUT2D eigenvalue weighted by atomic mass is 19.4. The van der Waals surface area contributed by atoms with Crippen molar-refractivity contribution in [3.05, 3.63) is 76.6 Å². The molecule has 3 aliphatic rings. The number of halogens is 3. The van der Waals surface area contributed by atoms with Gasteiger partial charge in [-0.15, -0.1) is 0 Å². The van der Waals surface area contributed by atoms with Gasteiger partial charge in [0.2, 0.25) is 17.7 Å². The molecule has 2 fully saturated rings. The van der Waals surface area contributed by atoms with Crippen LogP contribution in [0.3, 0.4) is 0 Å². The highest BCUT2D eigenvalue weighted by Gasteiger charge is 2.35. The van der Waals surface area contributed by atoms with Gasteiger partial charge in [0.15, 0.2) is 0 Å². The van der Waals surface area contributed by atoms with Gasteiger partial charge in [-0.05, 0) is 66.3 Å². The van der Waals surface area contributed by atoms with E-state index < -0.39 is 11.7 Å². The first-order valence-corrected chi connectivity index (χ1v) is 15.5. The van der Waals surface area contributed by atoms with Gasteiger partial charge in [0.1, 0.15) is 17.9 Å². The molecular weight excluding hydrogens is 585 g/mol. The Morgan fingerprint density at radius 1 is 0.956 bits per heavy atom. The van der Waals surface area contributed by atoms with Gasteiger partial charge in [0.05, 0.1) is 12.0 Å². The van der Waals surface area contributed by atoms with E-state index in [9.17, 15) is 22.8 Å². The predicted octanol–water partition coefficient (Wildman–Crippen LogP) is 4.90. The summed E-state index contributed by atoms with van der Waals surface area (Å²) in [6.07, 6.45) is -0.904. The van der Waals surface area contributed by atoms with Crippen LogP contribution < -0.4 is 10.1 Å². The molecule has 1 saturated heterocycles. The van der Waals surface area contributed by atoms with E-state index in [1.54, 1.807) is 17.0 Å². The average Bonchev–Trinajstić information content (AvgIpc) is 3.88. The zero-order valence-corrected chi connectivity index (χ0v) is 25.3. The van der Waals surface area contributed by atoms with Crippen molar-refractivity contribution in [2.75, 3.05) is 44.6 Å². The number of nitrogens with one attached hydrogen (secondary N) is 1. The molecule has 1 aromatic heterocycles. The van der Waals surface area contributed by atoms with E-state index in [0.29, 0.717) is 36.6 Å². The Balaban J connectivity index is 1.09. The van der Waals surface area contributed by atoms with E-state index in [0.717, 1.165) is 62.8 Å². The predicted molar refractivity (Wildman–Crippen MR) is 162 cm³/mol. The zero-order valence-electron chi connectivity index (χ0n) is 25.3. The number of benzene rings is 2. The average molecular weight is 623 g/mol. The van der Waals surface area contributed by atoms with E-state index >= 15 is 0 Å². The van der Waals surface area contributed by atoms with Crippen molar-refractivity contribution < 1.29 is 27.5 Å². The number of ether oxygens (including phenoxy) is 1. The number of anilines is 1. The highest BCUT2D eigenvalue weighted by molar-refractivity contribution is 5.93. The Labute approximate surface area is 260 Å². The van der Waals surface area contributed by atoms with E-state index in [1.807, 2.05) is 18.2 Å². The highest BCUT2D eigenvalue weighted by Crippen LogP contribution is 2.34. The third kappa shape index (κ3) is 7.80. The first-order valence-electron chi connectivity index (χ1n) is 15.5. The SMILES string of the molecule is CCN1CCN(Cc2ccc(CC(=O)N3CCc4ccc(Oc5cc(NC(=O)C6CC6)ncn5)cc4C3)cc2C(F)(F)F)CC1. The van der Waals surface area contributed by atoms with Crippen LogP contribution >= 0.6 is 0 Å². The Bertz CT molecular complexity index is 1550. The Kier molecular flexibility index (Phi) is 9.04. The Morgan fingerprint density at radius 3 is 2.47 bits per heavy atom. The molecule has 3 aromatic rings. The first kappa shape index (κ1) is 31.0. The Hall–Kier alpha value is -4.03. The van der Waals surface area contributed by atoms with Crippen LogP contribution in [-0.2, 0) is 41.7 Å². The number of hydrogen-bond donors (Lipinski definition) is 1. The maximum atomic E-state index is 14.1. The number of piperazine rings is 1. The van der Waals surface area contributed by atoms with Gasteiger partial charge >= 0.3 is 6.18 Å². The number of hydrogen-bond acceptors (Lipinski definition) is 7. The summed E-state index contributed by atoms with van der Waals surface area (Å²) >= 11 is 0. The molecule has 2 aromatic carbocycles. The number of carbonyl (C=O) groups is 2. The number of rotatable bonds is 9. The van der Waals surface area contributed by atoms with E-state index in [2.05, 4.69) is 32.0 Å². The molecule has 0 bridgehead atoms. The molecule has 9 nitrogen and oxygen atoms in total. The number of likely N-dealkylation sites (N-methyl/N-ethyl adjacent to an activating group) is 1. The van der Waals surface area contributed by atoms with E-state index in [-0.39, 0.29) is 42.1 Å². The minimum Gasteiger partial charge on any atom is -0.439 e. The normalized spacial score (nSPS) is 17.6. The lowest BCUT2D eigenvalue weighted by molar-refractivity contribution is -0.138. The lowest BCUT2D eigenvalue weighted by atomic mass is 9.97. The lowest BCUT2D eigenvalue weighted by Gasteiger charge is -2.34. The fourth-order valence-electron chi connectivity index (χ4n) is 5.89. The molecule has 0 radical (unpaired) electrons. The Morgan fingerprint density at radius 2 is 1.73 bits per heavy atom. The van der Waals surface area contributed by atoms with Crippen LogP contribution in [0.1, 0.15) is 47.6 Å². The van der Waals surface area contributed by atoms with Crippen molar-refractivity contribution in [1.29, 1.82) is 0 Å². The zero-order chi connectivity index (χ0) is 31.6. The number of carbonyl (C=O) groups excluding carboxylic acids is 2. The van der Waals surface area contributed by atoms with Gasteiger partial charge in [-0.3, -0.25) is 14.5 Å². The maximum absolute atomic E-state index is 14.1. The van der Waals surface area contributed by atoms with Gasteiger partial charge in [0.25, 0.3) is 0 Å². The fraction of sp³-hybridized carbons (Fsp3) is 0.455. The monoisotopic (exact) mass is 622 g/mol. The van der Waals surface area contributed by atoms with Crippen LogP contribution in [0.25, 0.3) is 0 Å². The number of aromatic nitrogens is 2. The summed E-state index contributed by atoms with van der Waals surface area (Å²) in [4.78, 5) is 39.6. The van der Waals surface area contributed by atoms with Crippen molar-refractivity contribution in [1.82, 2.24) is 24.7 Å². The summed E-state index contributed by atoms with van der Waals surface area (Å²) in [5.74, 6) is 0.900. The van der Waals surface area contributed by atoms with Gasteiger partial charge in [0, 0.05) is 57.8 Å². The van der Waals surface area contributed by atoms with Gasteiger partial charge in [-0.2, -0.15) is 13.2 Å². The van der Waals surface area contributed by atoms with Crippen LogP contribution in [0.4, 0.5) is 19.0 Å². The molecule has 0 spiro atoms. The van der Waals surface area contributed by atoms with Crippen molar-refractivity contribution in [3.8, 4) is 11.6 Å². The minimum absolute atomic E-state index is 0.0404. The second-order valence-corrected chi connectivity index (χ2v) is 12.0. The van der Waals surface area contributed by atoms with Crippen molar-refractivity contribution >= 4 is 17.6 Å². The molecule has 0 atom stereocenters. The number of fused-ring (bicyclic) bond motifs is 1. The molecule has 12 heteroatoms. The molecule has 238 valence electrons. The number of nitrogens with zero attached hydrogens (tertiary/aromatic N) is 5. The summed E-state index contributed by atoms with van der Waals surface area (Å²) in [6.45, 7) is 7.22. The summed E-state index contributed by atoms with van der Waals surface area (Å²) in [5.41, 5.74) is 1.90. The van der Waals surface area contributed by atoms with Gasteiger partial charge in [-0.25, -0.2) is 9.97 Å². The second kappa shape index (κ2) is 13.1. The quantitative estimate of drug-likeness (QED) is 0.363. The molecule has 3 heterocycles. The van der Waals surface area contributed by atoms with Crippen LogP contribution in [0, 0.1) is 5.92 Å². The van der Waals surface area contributed by atoms with Crippen LogP contribution in [0.15, 0.2) is 48.8 Å². The van der Waals surface area contributed by atoms with E-state index in [1.165, 1.54) is 12.4 Å². The van der Waals surface area contributed by atoms with Gasteiger partial charge in [-0.1, -0.05) is 25.1 Å². The molecule has 1 N–H and O–H groups in total. The van der Waals surface area contributed by atoms with Crippen LogP contribution in [-0.4, -0.2) is 75.8 Å². The molecule has 1 saturated carbocycles. The summed E-state index contributed by atoms with van der Waals surface area (Å²) < 4.78 is 48.2. The molecule has 2 amide bonds. The molecule has 2 aliphatic heterocycles. The topological polar surface area (TPSA) is 90.9 Å².